The molecule has 0 atom stereocenters. The minimum atomic E-state index is 0.670. The predicted molar refractivity (Wildman–Crippen MR) is 73.4 cm³/mol. The van der Waals surface area contributed by atoms with Crippen molar-refractivity contribution in [2.24, 2.45) is 0 Å². The molecule has 94 valence electrons. The molecule has 0 aromatic heterocycles. The molecule has 18 heavy (non-hydrogen) atoms. The van der Waals surface area contributed by atoms with Crippen LogP contribution in [0.5, 0.6) is 17.2 Å². The van der Waals surface area contributed by atoms with Crippen LogP contribution < -0.4 is 15.2 Å². The zero-order chi connectivity index (χ0) is 13.1. The highest BCUT2D eigenvalue weighted by Gasteiger charge is 2.06. The molecule has 0 aliphatic carbocycles. The average molecular weight is 243 g/mol. The van der Waals surface area contributed by atoms with E-state index in [2.05, 4.69) is 0 Å². The van der Waals surface area contributed by atoms with Gasteiger partial charge in [-0.1, -0.05) is 12.1 Å². The van der Waals surface area contributed by atoms with E-state index in [9.17, 15) is 0 Å². The number of hydrogen-bond donors (Lipinski definition) is 1. The van der Waals surface area contributed by atoms with Crippen molar-refractivity contribution in [2.75, 3.05) is 12.8 Å². The quantitative estimate of drug-likeness (QED) is 0.836. The molecule has 0 bridgehead atoms. The van der Waals surface area contributed by atoms with Crippen molar-refractivity contribution in [2.45, 2.75) is 13.8 Å². The summed E-state index contributed by atoms with van der Waals surface area (Å²) in [5.41, 5.74) is 8.83. The smallest absolute Gasteiger partial charge is 0.150 e. The van der Waals surface area contributed by atoms with Gasteiger partial charge in [-0.25, -0.2) is 0 Å². The lowest BCUT2D eigenvalue weighted by Crippen LogP contribution is -1.96. The second-order valence-corrected chi connectivity index (χ2v) is 4.27. The van der Waals surface area contributed by atoms with Gasteiger partial charge in [0.05, 0.1) is 12.8 Å². The molecule has 0 saturated carbocycles. The Kier molecular flexibility index (Phi) is 3.42. The Morgan fingerprint density at radius 3 is 2.44 bits per heavy atom. The summed E-state index contributed by atoms with van der Waals surface area (Å²) in [6.07, 6.45) is 0. The molecule has 0 spiro atoms. The van der Waals surface area contributed by atoms with Crippen LogP contribution in [0, 0.1) is 13.8 Å². The third kappa shape index (κ3) is 2.56. The number of rotatable bonds is 3. The van der Waals surface area contributed by atoms with E-state index in [0.717, 1.165) is 16.9 Å². The largest absolute Gasteiger partial charge is 0.497 e. The number of anilines is 1. The number of nitrogen functional groups attached to an aromatic ring is 1. The second kappa shape index (κ2) is 5.00. The number of nitrogens with two attached hydrogens (primary N) is 1. The molecule has 0 radical (unpaired) electrons. The lowest BCUT2D eigenvalue weighted by molar-refractivity contribution is 0.409. The molecular formula is C15H17NO2. The van der Waals surface area contributed by atoms with Crippen LogP contribution in [-0.4, -0.2) is 7.11 Å². The van der Waals surface area contributed by atoms with E-state index >= 15 is 0 Å². The van der Waals surface area contributed by atoms with Crippen molar-refractivity contribution < 1.29 is 9.47 Å². The fourth-order valence-corrected chi connectivity index (χ4v) is 1.82. The monoisotopic (exact) mass is 243 g/mol. The molecular weight excluding hydrogens is 226 g/mol. The van der Waals surface area contributed by atoms with Crippen LogP contribution in [0.4, 0.5) is 5.69 Å². The molecule has 0 fully saturated rings. The van der Waals surface area contributed by atoms with E-state index in [1.54, 1.807) is 7.11 Å². The molecule has 0 saturated heterocycles. The molecule has 0 aliphatic heterocycles. The van der Waals surface area contributed by atoms with Gasteiger partial charge in [0, 0.05) is 6.07 Å². The van der Waals surface area contributed by atoms with Crippen molar-refractivity contribution in [3.63, 3.8) is 0 Å². The molecule has 0 heterocycles. The van der Waals surface area contributed by atoms with Crippen molar-refractivity contribution in [1.29, 1.82) is 0 Å². The Bertz CT molecular complexity index is 564. The maximum atomic E-state index is 6.01. The molecule has 2 rings (SSSR count). The van der Waals surface area contributed by atoms with Crippen LogP contribution in [0.3, 0.4) is 0 Å². The Morgan fingerprint density at radius 2 is 1.72 bits per heavy atom. The van der Waals surface area contributed by atoms with Gasteiger partial charge in [0.2, 0.25) is 0 Å². The second-order valence-electron chi connectivity index (χ2n) is 4.27. The van der Waals surface area contributed by atoms with E-state index in [4.69, 9.17) is 15.2 Å². The van der Waals surface area contributed by atoms with Gasteiger partial charge >= 0.3 is 0 Å². The zero-order valence-corrected chi connectivity index (χ0v) is 10.9. The van der Waals surface area contributed by atoms with Gasteiger partial charge in [0.15, 0.2) is 5.75 Å². The fraction of sp³-hybridized carbons (Fsp3) is 0.200. The van der Waals surface area contributed by atoms with Crippen molar-refractivity contribution in [3.05, 3.63) is 47.5 Å². The summed E-state index contributed by atoms with van der Waals surface area (Å²) in [5.74, 6) is 2.15. The fourth-order valence-electron chi connectivity index (χ4n) is 1.82. The molecule has 0 aliphatic rings. The van der Waals surface area contributed by atoms with Gasteiger partial charge in [-0.3, -0.25) is 0 Å². The van der Waals surface area contributed by atoms with E-state index in [0.29, 0.717) is 17.2 Å². The minimum Gasteiger partial charge on any atom is -0.497 e. The van der Waals surface area contributed by atoms with Gasteiger partial charge in [-0.05, 0) is 43.2 Å². The van der Waals surface area contributed by atoms with Gasteiger partial charge in [0.1, 0.15) is 11.5 Å². The highest BCUT2D eigenvalue weighted by Crippen LogP contribution is 2.32. The van der Waals surface area contributed by atoms with Crippen LogP contribution >= 0.6 is 0 Å². The summed E-state index contributed by atoms with van der Waals surface area (Å²) in [7, 11) is 1.63. The van der Waals surface area contributed by atoms with Gasteiger partial charge in [-0.15, -0.1) is 0 Å². The summed E-state index contributed by atoms with van der Waals surface area (Å²) in [4.78, 5) is 0. The number of hydrogen-bond acceptors (Lipinski definition) is 3. The SMILES string of the molecule is COc1cccc(Oc2cc(C)cc(C)c2N)c1. The van der Waals surface area contributed by atoms with Crippen molar-refractivity contribution in [1.82, 2.24) is 0 Å². The Balaban J connectivity index is 2.33. The first-order valence-electron chi connectivity index (χ1n) is 5.79. The van der Waals surface area contributed by atoms with E-state index in [-0.39, 0.29) is 0 Å². The predicted octanol–water partition coefficient (Wildman–Crippen LogP) is 3.69. The normalized spacial score (nSPS) is 10.2. The highest BCUT2D eigenvalue weighted by atomic mass is 16.5. The lowest BCUT2D eigenvalue weighted by atomic mass is 10.1. The van der Waals surface area contributed by atoms with Crippen LogP contribution in [0.25, 0.3) is 0 Å². The number of methoxy groups -OCH3 is 1. The molecule has 0 amide bonds. The Hall–Kier alpha value is -2.16. The van der Waals surface area contributed by atoms with Gasteiger partial charge in [-0.2, -0.15) is 0 Å². The van der Waals surface area contributed by atoms with Crippen molar-refractivity contribution in [3.8, 4) is 17.2 Å². The Morgan fingerprint density at radius 1 is 1.00 bits per heavy atom. The molecule has 2 aromatic carbocycles. The summed E-state index contributed by atoms with van der Waals surface area (Å²) < 4.78 is 11.0. The summed E-state index contributed by atoms with van der Waals surface area (Å²) in [6, 6.07) is 11.4. The van der Waals surface area contributed by atoms with E-state index < -0.39 is 0 Å². The molecule has 3 nitrogen and oxygen atoms in total. The number of ether oxygens (including phenoxy) is 2. The van der Waals surface area contributed by atoms with Gasteiger partial charge in [0.25, 0.3) is 0 Å². The standard InChI is InChI=1S/C15H17NO2/c1-10-7-11(2)15(16)14(8-10)18-13-6-4-5-12(9-13)17-3/h4-9H,16H2,1-3H3. The molecule has 2 N–H and O–H groups in total. The number of benzene rings is 2. The third-order valence-corrected chi connectivity index (χ3v) is 2.76. The minimum absolute atomic E-state index is 0.670. The molecule has 3 heteroatoms. The molecule has 0 unspecified atom stereocenters. The average Bonchev–Trinajstić information content (AvgIpc) is 2.35. The van der Waals surface area contributed by atoms with Crippen molar-refractivity contribution >= 4 is 5.69 Å². The first-order chi connectivity index (χ1) is 8.60. The Labute approximate surface area is 107 Å². The van der Waals surface area contributed by atoms with Gasteiger partial charge < -0.3 is 15.2 Å². The molecule has 2 aromatic rings. The summed E-state index contributed by atoms with van der Waals surface area (Å²) >= 11 is 0. The first kappa shape index (κ1) is 12.3. The zero-order valence-electron chi connectivity index (χ0n) is 10.9. The maximum Gasteiger partial charge on any atom is 0.150 e. The number of aryl methyl sites for hydroxylation is 2. The lowest BCUT2D eigenvalue weighted by Gasteiger charge is -2.12. The van der Waals surface area contributed by atoms with Crippen LogP contribution in [0.1, 0.15) is 11.1 Å². The van der Waals surface area contributed by atoms with Crippen LogP contribution in [0.2, 0.25) is 0 Å². The summed E-state index contributed by atoms with van der Waals surface area (Å²) in [5, 5.41) is 0. The maximum absolute atomic E-state index is 6.01. The van der Waals surface area contributed by atoms with E-state index in [1.165, 1.54) is 0 Å². The third-order valence-electron chi connectivity index (χ3n) is 2.76. The van der Waals surface area contributed by atoms with Crippen LogP contribution in [0.15, 0.2) is 36.4 Å². The van der Waals surface area contributed by atoms with Crippen LogP contribution in [-0.2, 0) is 0 Å². The topological polar surface area (TPSA) is 44.5 Å². The van der Waals surface area contributed by atoms with E-state index in [1.807, 2.05) is 50.2 Å². The highest BCUT2D eigenvalue weighted by molar-refractivity contribution is 5.60. The summed E-state index contributed by atoms with van der Waals surface area (Å²) in [6.45, 7) is 3.99. The first-order valence-corrected chi connectivity index (χ1v) is 5.79.